The monoisotopic (exact) mass is 463 g/mol. The zero-order chi connectivity index (χ0) is 21.6. The van der Waals surface area contributed by atoms with Crippen molar-refractivity contribution in [2.24, 2.45) is 0 Å². The highest BCUT2D eigenvalue weighted by molar-refractivity contribution is 9.10. The topological polar surface area (TPSA) is 65.1 Å². The van der Waals surface area contributed by atoms with Crippen LogP contribution in [0.5, 0.6) is 11.5 Å². The third kappa shape index (κ3) is 5.97. The molecule has 0 unspecified atom stereocenters. The Morgan fingerprint density at radius 1 is 1.00 bits per heavy atom. The van der Waals surface area contributed by atoms with Crippen molar-refractivity contribution in [2.45, 2.75) is 32.9 Å². The molecule has 0 saturated carbocycles. The van der Waals surface area contributed by atoms with E-state index in [1.165, 1.54) is 26.4 Å². The Morgan fingerprint density at radius 2 is 1.55 bits per heavy atom. The molecule has 0 N–H and O–H groups in total. The lowest BCUT2D eigenvalue weighted by Gasteiger charge is -2.35. The Hall–Kier alpha value is -2.54. The summed E-state index contributed by atoms with van der Waals surface area (Å²) in [6.45, 7) is 5.91. The Bertz CT molecular complexity index is 836. The quantitative estimate of drug-likeness (QED) is 0.567. The first-order chi connectivity index (χ1) is 13.7. The molecule has 0 radical (unpaired) electrons. The summed E-state index contributed by atoms with van der Waals surface area (Å²) in [5.74, 6) is -0.0344. The molecule has 2 aromatic rings. The van der Waals surface area contributed by atoms with Gasteiger partial charge in [0.2, 0.25) is 0 Å². The fourth-order valence-corrected chi connectivity index (χ4v) is 3.29. The van der Waals surface area contributed by atoms with Crippen molar-refractivity contribution in [3.05, 3.63) is 58.1 Å². The second kappa shape index (κ2) is 9.78. The van der Waals surface area contributed by atoms with Crippen LogP contribution in [0.3, 0.4) is 0 Å². The summed E-state index contributed by atoms with van der Waals surface area (Å²) in [7, 11) is 2.98. The Labute approximate surface area is 179 Å². The molecule has 0 heterocycles. The van der Waals surface area contributed by atoms with Crippen LogP contribution in [0.25, 0.3) is 0 Å². The number of rotatable bonds is 7. The van der Waals surface area contributed by atoms with Crippen LogP contribution in [0.15, 0.2) is 46.9 Å². The Morgan fingerprint density at radius 3 is 2.03 bits per heavy atom. The van der Waals surface area contributed by atoms with Gasteiger partial charge < -0.3 is 19.1 Å². The average molecular weight is 464 g/mol. The molecule has 156 valence electrons. The molecule has 29 heavy (non-hydrogen) atoms. The molecule has 0 aliphatic carbocycles. The number of methoxy groups -OCH3 is 2. The molecule has 0 atom stereocenters. The third-order valence-corrected chi connectivity index (χ3v) is 5.08. The summed E-state index contributed by atoms with van der Waals surface area (Å²) in [5.41, 5.74) is 0.813. The molecule has 0 bridgehead atoms. The fraction of sp³-hybridized carbons (Fsp3) is 0.364. The maximum Gasteiger partial charge on any atom is 0.338 e. The summed E-state index contributed by atoms with van der Waals surface area (Å²) in [4.78, 5) is 27.0. The van der Waals surface area contributed by atoms with Crippen LogP contribution in [-0.2, 0) is 16.1 Å². The number of hydrogen-bond acceptors (Lipinski definition) is 5. The fourth-order valence-electron chi connectivity index (χ4n) is 2.74. The van der Waals surface area contributed by atoms with E-state index in [4.69, 9.17) is 14.2 Å². The predicted octanol–water partition coefficient (Wildman–Crippen LogP) is 4.45. The second-order valence-corrected chi connectivity index (χ2v) is 8.20. The molecule has 0 aliphatic rings. The molecule has 6 nitrogen and oxygen atoms in total. The zero-order valence-corrected chi connectivity index (χ0v) is 18.9. The van der Waals surface area contributed by atoms with Crippen molar-refractivity contribution in [1.29, 1.82) is 0 Å². The van der Waals surface area contributed by atoms with Crippen LogP contribution >= 0.6 is 15.9 Å². The summed E-state index contributed by atoms with van der Waals surface area (Å²) in [5, 5.41) is 0. The highest BCUT2D eigenvalue weighted by atomic mass is 79.9. The van der Waals surface area contributed by atoms with Crippen molar-refractivity contribution in [3.8, 4) is 11.5 Å². The maximum atomic E-state index is 12.8. The van der Waals surface area contributed by atoms with Crippen molar-refractivity contribution >= 4 is 27.8 Å². The van der Waals surface area contributed by atoms with E-state index in [9.17, 15) is 9.59 Å². The lowest BCUT2D eigenvalue weighted by Crippen LogP contribution is -2.46. The molecule has 2 aromatic carbocycles. The number of ether oxygens (including phenoxy) is 3. The molecule has 0 fully saturated rings. The van der Waals surface area contributed by atoms with Crippen LogP contribution in [-0.4, -0.2) is 43.1 Å². The van der Waals surface area contributed by atoms with Gasteiger partial charge in [-0.25, -0.2) is 4.79 Å². The van der Waals surface area contributed by atoms with E-state index in [1.807, 2.05) is 51.1 Å². The highest BCUT2D eigenvalue weighted by Gasteiger charge is 2.27. The zero-order valence-electron chi connectivity index (χ0n) is 17.3. The van der Waals surface area contributed by atoms with Crippen LogP contribution in [0, 0.1) is 0 Å². The van der Waals surface area contributed by atoms with Crippen molar-refractivity contribution < 1.29 is 23.8 Å². The lowest BCUT2D eigenvalue weighted by atomic mass is 10.0. The van der Waals surface area contributed by atoms with Crippen LogP contribution in [0.2, 0.25) is 0 Å². The number of esters is 1. The van der Waals surface area contributed by atoms with Gasteiger partial charge in [0, 0.05) is 12.1 Å². The Kier molecular flexibility index (Phi) is 7.67. The van der Waals surface area contributed by atoms with Gasteiger partial charge in [-0.3, -0.25) is 4.79 Å². The third-order valence-electron chi connectivity index (χ3n) is 4.30. The van der Waals surface area contributed by atoms with Crippen LogP contribution in [0.4, 0.5) is 0 Å². The van der Waals surface area contributed by atoms with Crippen LogP contribution < -0.4 is 9.47 Å². The summed E-state index contributed by atoms with van der Waals surface area (Å²) >= 11 is 3.36. The molecular weight excluding hydrogens is 438 g/mol. The summed E-state index contributed by atoms with van der Waals surface area (Å²) in [6, 6.07) is 12.8. The largest absolute Gasteiger partial charge is 0.495 e. The minimum atomic E-state index is -0.629. The van der Waals surface area contributed by atoms with Crippen LogP contribution in [0.1, 0.15) is 36.7 Å². The predicted molar refractivity (Wildman–Crippen MR) is 114 cm³/mol. The Balaban J connectivity index is 2.12. The minimum Gasteiger partial charge on any atom is -0.495 e. The maximum absolute atomic E-state index is 12.8. The summed E-state index contributed by atoms with van der Waals surface area (Å²) < 4.78 is 16.4. The first-order valence-corrected chi connectivity index (χ1v) is 9.89. The number of nitrogens with zero attached hydrogens (tertiary/aromatic N) is 1. The van der Waals surface area contributed by atoms with Crippen molar-refractivity contribution in [1.82, 2.24) is 4.90 Å². The van der Waals surface area contributed by atoms with Gasteiger partial charge in [-0.2, -0.15) is 0 Å². The molecule has 0 aromatic heterocycles. The normalized spacial score (nSPS) is 11.0. The van der Waals surface area contributed by atoms with E-state index in [2.05, 4.69) is 15.9 Å². The highest BCUT2D eigenvalue weighted by Crippen LogP contribution is 2.35. The van der Waals surface area contributed by atoms with Gasteiger partial charge in [-0.05, 0) is 54.4 Å². The first-order valence-electron chi connectivity index (χ1n) is 9.10. The van der Waals surface area contributed by atoms with Gasteiger partial charge in [-0.15, -0.1) is 0 Å². The van der Waals surface area contributed by atoms with E-state index in [0.717, 1.165) is 5.56 Å². The number of halogens is 1. The van der Waals surface area contributed by atoms with E-state index in [-0.39, 0.29) is 18.1 Å². The van der Waals surface area contributed by atoms with E-state index in [1.54, 1.807) is 4.90 Å². The molecule has 0 aliphatic heterocycles. The van der Waals surface area contributed by atoms with E-state index >= 15 is 0 Å². The minimum absolute atomic E-state index is 0.236. The first kappa shape index (κ1) is 22.7. The number of benzene rings is 2. The summed E-state index contributed by atoms with van der Waals surface area (Å²) in [6.07, 6.45) is 0. The molecule has 0 spiro atoms. The number of carbonyl (C=O) groups is 2. The van der Waals surface area contributed by atoms with Gasteiger partial charge in [-0.1, -0.05) is 30.3 Å². The van der Waals surface area contributed by atoms with Gasteiger partial charge in [0.1, 0.15) is 16.0 Å². The smallest absolute Gasteiger partial charge is 0.338 e. The second-order valence-electron chi connectivity index (χ2n) is 7.41. The van der Waals surface area contributed by atoms with Gasteiger partial charge in [0.25, 0.3) is 5.91 Å². The lowest BCUT2D eigenvalue weighted by molar-refractivity contribution is -0.140. The SMILES string of the molecule is COc1cc(C(=O)OCC(=O)N(Cc2ccccc2)C(C)(C)C)cc(OC)c1Br. The number of carbonyl (C=O) groups excluding carboxylic acids is 2. The van der Waals surface area contributed by atoms with Gasteiger partial charge in [0.15, 0.2) is 6.61 Å². The van der Waals surface area contributed by atoms with Crippen molar-refractivity contribution in [2.75, 3.05) is 20.8 Å². The number of amides is 1. The average Bonchev–Trinajstić information content (AvgIpc) is 2.70. The van der Waals surface area contributed by atoms with E-state index < -0.39 is 11.5 Å². The molecule has 0 saturated heterocycles. The van der Waals surface area contributed by atoms with Gasteiger partial charge >= 0.3 is 5.97 Å². The standard InChI is InChI=1S/C22H26BrNO5/c1-22(2,3)24(13-15-9-7-6-8-10-15)19(25)14-29-21(26)16-11-17(27-4)20(23)18(12-16)28-5/h6-12H,13-14H2,1-5H3. The molecule has 1 amide bonds. The molecule has 2 rings (SSSR count). The van der Waals surface area contributed by atoms with Crippen molar-refractivity contribution in [3.63, 3.8) is 0 Å². The van der Waals surface area contributed by atoms with E-state index in [0.29, 0.717) is 22.5 Å². The molecular formula is C22H26BrNO5. The van der Waals surface area contributed by atoms with Gasteiger partial charge in [0.05, 0.1) is 19.8 Å². The number of hydrogen-bond donors (Lipinski definition) is 0. The molecule has 7 heteroatoms.